The first-order valence-corrected chi connectivity index (χ1v) is 7.88. The lowest BCUT2D eigenvalue weighted by molar-refractivity contribution is -0.121. The van der Waals surface area contributed by atoms with Gasteiger partial charge in [0.25, 0.3) is 5.91 Å². The lowest BCUT2D eigenvalue weighted by atomic mass is 10.1. The van der Waals surface area contributed by atoms with Gasteiger partial charge in [-0.15, -0.1) is 0 Å². The normalized spacial score (nSPS) is 11.8. The minimum Gasteiger partial charge on any atom is -0.346 e. The Balaban J connectivity index is 1.92. The fraction of sp³-hybridized carbons (Fsp3) is 0.263. The zero-order valence-electron chi connectivity index (χ0n) is 14.0. The summed E-state index contributed by atoms with van der Waals surface area (Å²) in [4.78, 5) is 26.2. The standard InChI is InChI=1S/C19H23N3O2/c1-22(2)14-17(15-9-5-3-6-10-15)21-18(23)13-20-19(24)16-11-7-4-8-12-16/h3-12,17H,13-14H2,1-2H3,(H,20,24)(H,21,23)/t17-/m1/s1. The van der Waals surface area contributed by atoms with Crippen molar-refractivity contribution in [3.8, 4) is 0 Å². The van der Waals surface area contributed by atoms with E-state index >= 15 is 0 Å². The molecule has 0 saturated carbocycles. The van der Waals surface area contributed by atoms with Gasteiger partial charge in [-0.1, -0.05) is 48.5 Å². The summed E-state index contributed by atoms with van der Waals surface area (Å²) in [5.41, 5.74) is 1.58. The average molecular weight is 325 g/mol. The summed E-state index contributed by atoms with van der Waals surface area (Å²) in [7, 11) is 3.92. The van der Waals surface area contributed by atoms with Crippen molar-refractivity contribution < 1.29 is 9.59 Å². The molecule has 24 heavy (non-hydrogen) atoms. The molecule has 0 unspecified atom stereocenters. The number of likely N-dealkylation sites (N-methyl/N-ethyl adjacent to an activating group) is 1. The molecule has 2 aromatic rings. The van der Waals surface area contributed by atoms with E-state index < -0.39 is 0 Å². The first-order valence-electron chi connectivity index (χ1n) is 7.88. The van der Waals surface area contributed by atoms with Crippen molar-refractivity contribution in [2.24, 2.45) is 0 Å². The van der Waals surface area contributed by atoms with E-state index in [0.29, 0.717) is 12.1 Å². The molecule has 1 atom stereocenters. The van der Waals surface area contributed by atoms with Gasteiger partial charge in [0.15, 0.2) is 0 Å². The first-order chi connectivity index (χ1) is 11.6. The van der Waals surface area contributed by atoms with Gasteiger partial charge in [-0.3, -0.25) is 9.59 Å². The molecule has 2 N–H and O–H groups in total. The van der Waals surface area contributed by atoms with Crippen LogP contribution in [0.1, 0.15) is 22.0 Å². The van der Waals surface area contributed by atoms with E-state index in [2.05, 4.69) is 10.6 Å². The number of amides is 2. The Morgan fingerprint density at radius 1 is 0.958 bits per heavy atom. The largest absolute Gasteiger partial charge is 0.346 e. The van der Waals surface area contributed by atoms with E-state index in [1.165, 1.54) is 0 Å². The third-order valence-corrected chi connectivity index (χ3v) is 3.53. The molecule has 2 aromatic carbocycles. The molecule has 0 fully saturated rings. The van der Waals surface area contributed by atoms with Crippen LogP contribution >= 0.6 is 0 Å². The summed E-state index contributed by atoms with van der Waals surface area (Å²) in [6.45, 7) is 0.632. The van der Waals surface area contributed by atoms with Crippen LogP contribution in [0.2, 0.25) is 0 Å². The predicted octanol–water partition coefficient (Wildman–Crippen LogP) is 1.84. The average Bonchev–Trinajstić information content (AvgIpc) is 2.60. The maximum Gasteiger partial charge on any atom is 0.251 e. The van der Waals surface area contributed by atoms with Crippen molar-refractivity contribution >= 4 is 11.8 Å². The van der Waals surface area contributed by atoms with Gasteiger partial charge in [-0.05, 0) is 31.8 Å². The van der Waals surface area contributed by atoms with Crippen LogP contribution < -0.4 is 10.6 Å². The predicted molar refractivity (Wildman–Crippen MR) is 94.7 cm³/mol. The number of hydrogen-bond acceptors (Lipinski definition) is 3. The molecule has 0 heterocycles. The van der Waals surface area contributed by atoms with Crippen LogP contribution in [0, 0.1) is 0 Å². The van der Waals surface area contributed by atoms with Gasteiger partial charge >= 0.3 is 0 Å². The van der Waals surface area contributed by atoms with Crippen molar-refractivity contribution in [1.29, 1.82) is 0 Å². The van der Waals surface area contributed by atoms with Crippen LogP contribution in [-0.4, -0.2) is 43.9 Å². The molecular weight excluding hydrogens is 302 g/mol. The van der Waals surface area contributed by atoms with Crippen LogP contribution in [0.4, 0.5) is 0 Å². The Bertz CT molecular complexity index is 657. The first kappa shape index (κ1) is 17.7. The van der Waals surface area contributed by atoms with Crippen molar-refractivity contribution in [3.05, 3.63) is 71.8 Å². The van der Waals surface area contributed by atoms with E-state index in [4.69, 9.17) is 0 Å². The van der Waals surface area contributed by atoms with Gasteiger partial charge in [0, 0.05) is 12.1 Å². The highest BCUT2D eigenvalue weighted by Crippen LogP contribution is 2.13. The molecule has 0 radical (unpaired) electrons. The van der Waals surface area contributed by atoms with E-state index in [1.807, 2.05) is 55.4 Å². The second-order valence-electron chi connectivity index (χ2n) is 5.84. The topological polar surface area (TPSA) is 61.4 Å². The van der Waals surface area contributed by atoms with Gasteiger partial charge in [-0.2, -0.15) is 0 Å². The molecule has 0 spiro atoms. The van der Waals surface area contributed by atoms with Crippen LogP contribution in [0.5, 0.6) is 0 Å². The number of carbonyl (C=O) groups is 2. The number of rotatable bonds is 7. The smallest absolute Gasteiger partial charge is 0.251 e. The number of carbonyl (C=O) groups excluding carboxylic acids is 2. The monoisotopic (exact) mass is 325 g/mol. The highest BCUT2D eigenvalue weighted by atomic mass is 16.2. The van der Waals surface area contributed by atoms with Crippen LogP contribution in [0.3, 0.4) is 0 Å². The van der Waals surface area contributed by atoms with E-state index in [9.17, 15) is 9.59 Å². The summed E-state index contributed by atoms with van der Waals surface area (Å²) in [6.07, 6.45) is 0. The molecule has 126 valence electrons. The summed E-state index contributed by atoms with van der Waals surface area (Å²) in [5.74, 6) is -0.468. The van der Waals surface area contributed by atoms with Crippen LogP contribution in [0.25, 0.3) is 0 Å². The third kappa shape index (κ3) is 5.52. The lowest BCUT2D eigenvalue weighted by Gasteiger charge is -2.23. The van der Waals surface area contributed by atoms with Crippen LogP contribution in [0.15, 0.2) is 60.7 Å². The second-order valence-corrected chi connectivity index (χ2v) is 5.84. The Morgan fingerprint density at radius 2 is 1.54 bits per heavy atom. The second kappa shape index (κ2) is 8.84. The van der Waals surface area contributed by atoms with Crippen molar-refractivity contribution in [2.75, 3.05) is 27.2 Å². The Labute approximate surface area is 142 Å². The van der Waals surface area contributed by atoms with E-state index in [0.717, 1.165) is 5.56 Å². The van der Waals surface area contributed by atoms with Crippen molar-refractivity contribution in [3.63, 3.8) is 0 Å². The summed E-state index contributed by atoms with van der Waals surface area (Å²) >= 11 is 0. The van der Waals surface area contributed by atoms with E-state index in [1.54, 1.807) is 24.3 Å². The summed E-state index contributed by atoms with van der Waals surface area (Å²) in [6, 6.07) is 18.5. The fourth-order valence-corrected chi connectivity index (χ4v) is 2.38. The van der Waals surface area contributed by atoms with Gasteiger partial charge < -0.3 is 15.5 Å². The molecule has 0 bridgehead atoms. The Hall–Kier alpha value is -2.66. The zero-order chi connectivity index (χ0) is 17.4. The molecule has 0 aliphatic heterocycles. The molecule has 0 saturated heterocycles. The third-order valence-electron chi connectivity index (χ3n) is 3.53. The number of benzene rings is 2. The molecule has 0 aromatic heterocycles. The summed E-state index contributed by atoms with van der Waals surface area (Å²) in [5, 5.41) is 5.62. The van der Waals surface area contributed by atoms with E-state index in [-0.39, 0.29) is 24.4 Å². The van der Waals surface area contributed by atoms with Crippen molar-refractivity contribution in [2.45, 2.75) is 6.04 Å². The lowest BCUT2D eigenvalue weighted by Crippen LogP contribution is -2.41. The van der Waals surface area contributed by atoms with Gasteiger partial charge in [0.05, 0.1) is 12.6 Å². The van der Waals surface area contributed by atoms with Gasteiger partial charge in [0.1, 0.15) is 0 Å². The number of nitrogens with zero attached hydrogens (tertiary/aromatic N) is 1. The molecule has 2 rings (SSSR count). The zero-order valence-corrected chi connectivity index (χ0v) is 14.0. The fourth-order valence-electron chi connectivity index (χ4n) is 2.38. The SMILES string of the molecule is CN(C)C[C@@H](NC(=O)CNC(=O)c1ccccc1)c1ccccc1. The molecule has 2 amide bonds. The minimum absolute atomic E-state index is 0.0511. The Kier molecular flexibility index (Phi) is 6.51. The summed E-state index contributed by atoms with van der Waals surface area (Å²) < 4.78 is 0. The highest BCUT2D eigenvalue weighted by Gasteiger charge is 2.16. The molecule has 5 nitrogen and oxygen atoms in total. The highest BCUT2D eigenvalue weighted by molar-refractivity contribution is 5.96. The Morgan fingerprint density at radius 3 is 2.12 bits per heavy atom. The van der Waals surface area contributed by atoms with Gasteiger partial charge in [-0.25, -0.2) is 0 Å². The molecule has 0 aliphatic rings. The quantitative estimate of drug-likeness (QED) is 0.816. The maximum atomic E-state index is 12.2. The number of nitrogens with one attached hydrogen (secondary N) is 2. The van der Waals surface area contributed by atoms with Crippen molar-refractivity contribution in [1.82, 2.24) is 15.5 Å². The van der Waals surface area contributed by atoms with Gasteiger partial charge in [0.2, 0.25) is 5.91 Å². The number of hydrogen-bond donors (Lipinski definition) is 2. The minimum atomic E-state index is -0.255. The molecular formula is C19H23N3O2. The maximum absolute atomic E-state index is 12.2. The van der Waals surface area contributed by atoms with Crippen LogP contribution in [-0.2, 0) is 4.79 Å². The molecule has 5 heteroatoms. The molecule has 0 aliphatic carbocycles.